The Morgan fingerprint density at radius 3 is 2.89 bits per heavy atom. The number of aromatic nitrogens is 2. The van der Waals surface area contributed by atoms with Crippen molar-refractivity contribution < 1.29 is 9.90 Å². The van der Waals surface area contributed by atoms with Gasteiger partial charge in [0.2, 0.25) is 5.91 Å². The molecule has 136 valence electrons. The average molecular weight is 377 g/mol. The molecule has 0 saturated carbocycles. The monoisotopic (exact) mass is 377 g/mol. The predicted molar refractivity (Wildman–Crippen MR) is 106 cm³/mol. The van der Waals surface area contributed by atoms with E-state index in [-0.39, 0.29) is 18.4 Å². The zero-order chi connectivity index (χ0) is 18.8. The van der Waals surface area contributed by atoms with E-state index in [2.05, 4.69) is 29.3 Å². The first kappa shape index (κ1) is 17.5. The zero-order valence-corrected chi connectivity index (χ0v) is 15.7. The van der Waals surface area contributed by atoms with Crippen LogP contribution in [0.25, 0.3) is 0 Å². The molecule has 0 aliphatic carbocycles. The molecule has 6 heteroatoms. The van der Waals surface area contributed by atoms with Crippen LogP contribution in [-0.4, -0.2) is 27.4 Å². The highest BCUT2D eigenvalue weighted by Crippen LogP contribution is 2.41. The normalized spacial score (nSPS) is 15.6. The lowest BCUT2D eigenvalue weighted by Gasteiger charge is -2.23. The molecule has 3 heterocycles. The van der Waals surface area contributed by atoms with Gasteiger partial charge in [-0.1, -0.05) is 42.2 Å². The summed E-state index contributed by atoms with van der Waals surface area (Å²) in [6.45, 7) is 2.45. The highest BCUT2D eigenvalue weighted by Gasteiger charge is 2.33. The number of anilines is 1. The molecule has 1 atom stereocenters. The van der Waals surface area contributed by atoms with Crippen LogP contribution in [0, 0.1) is 18.8 Å². The summed E-state index contributed by atoms with van der Waals surface area (Å²) in [7, 11) is 0. The van der Waals surface area contributed by atoms with Gasteiger partial charge in [0.1, 0.15) is 12.4 Å². The maximum atomic E-state index is 12.4. The molecule has 1 amide bonds. The summed E-state index contributed by atoms with van der Waals surface area (Å²) in [5, 5.41) is 16.6. The summed E-state index contributed by atoms with van der Waals surface area (Å²) < 4.78 is 1.88. The van der Waals surface area contributed by atoms with E-state index in [1.54, 1.807) is 11.3 Å². The molecule has 2 aromatic heterocycles. The fraction of sp³-hybridized carbons (Fsp3) is 0.238. The third kappa shape index (κ3) is 3.52. The number of aliphatic hydroxyl groups excluding tert-OH is 1. The van der Waals surface area contributed by atoms with Crippen LogP contribution in [0.2, 0.25) is 0 Å². The van der Waals surface area contributed by atoms with E-state index in [4.69, 9.17) is 10.2 Å². The smallest absolute Gasteiger partial charge is 0.226 e. The molecule has 4 rings (SSSR count). The van der Waals surface area contributed by atoms with Gasteiger partial charge in [0.05, 0.1) is 17.1 Å². The quantitative estimate of drug-likeness (QED) is 0.689. The minimum absolute atomic E-state index is 0.00176. The minimum atomic E-state index is -0.158. The van der Waals surface area contributed by atoms with Crippen molar-refractivity contribution in [2.45, 2.75) is 25.8 Å². The lowest BCUT2D eigenvalue weighted by Crippen LogP contribution is -2.25. The molecule has 1 aromatic carbocycles. The molecule has 5 nitrogen and oxygen atoms in total. The second kappa shape index (κ2) is 7.39. The standard InChI is InChI=1S/C21H19N3O2S/c1-14-20-17(18-10-9-16(27-18)8-5-11-25)12-19(26)22-21(20)24(23-14)13-15-6-3-2-4-7-15/h2-4,6-7,9-10,17,25H,11-13H2,1H3,(H,22,26)/t17-/m0/s1. The highest BCUT2D eigenvalue weighted by molar-refractivity contribution is 7.12. The van der Waals surface area contributed by atoms with Crippen molar-refractivity contribution in [3.63, 3.8) is 0 Å². The third-order valence-corrected chi connectivity index (χ3v) is 5.72. The lowest BCUT2D eigenvalue weighted by atomic mass is 9.91. The van der Waals surface area contributed by atoms with Gasteiger partial charge in [-0.2, -0.15) is 5.10 Å². The second-order valence-corrected chi connectivity index (χ2v) is 7.57. The lowest BCUT2D eigenvalue weighted by molar-refractivity contribution is -0.116. The number of hydrogen-bond acceptors (Lipinski definition) is 4. The summed E-state index contributed by atoms with van der Waals surface area (Å²) in [5.41, 5.74) is 3.15. The molecule has 2 N–H and O–H groups in total. The maximum absolute atomic E-state index is 12.4. The third-order valence-electron chi connectivity index (χ3n) is 4.61. The molecule has 0 fully saturated rings. The molecule has 0 bridgehead atoms. The number of amides is 1. The second-order valence-electron chi connectivity index (χ2n) is 6.46. The van der Waals surface area contributed by atoms with E-state index >= 15 is 0 Å². The molecule has 27 heavy (non-hydrogen) atoms. The molecular formula is C21H19N3O2S. The van der Waals surface area contributed by atoms with Crippen molar-refractivity contribution in [2.24, 2.45) is 0 Å². The van der Waals surface area contributed by atoms with Gasteiger partial charge >= 0.3 is 0 Å². The Hall–Kier alpha value is -2.88. The van der Waals surface area contributed by atoms with Crippen LogP contribution >= 0.6 is 11.3 Å². The first-order valence-corrected chi connectivity index (χ1v) is 9.58. The first-order valence-electron chi connectivity index (χ1n) is 8.76. The van der Waals surface area contributed by atoms with Crippen molar-refractivity contribution in [2.75, 3.05) is 11.9 Å². The predicted octanol–water partition coefficient (Wildman–Crippen LogP) is 3.12. The number of nitrogens with one attached hydrogen (secondary N) is 1. The fourth-order valence-corrected chi connectivity index (χ4v) is 4.46. The van der Waals surface area contributed by atoms with E-state index in [0.717, 1.165) is 32.4 Å². The Balaban J connectivity index is 1.72. The summed E-state index contributed by atoms with van der Waals surface area (Å²) in [6.07, 6.45) is 0.401. The van der Waals surface area contributed by atoms with E-state index in [1.165, 1.54) is 0 Å². The topological polar surface area (TPSA) is 67.1 Å². The first-order chi connectivity index (χ1) is 13.2. The Morgan fingerprint density at radius 2 is 2.11 bits per heavy atom. The van der Waals surface area contributed by atoms with Gasteiger partial charge < -0.3 is 10.4 Å². The summed E-state index contributed by atoms with van der Waals surface area (Å²) >= 11 is 1.57. The number of fused-ring (bicyclic) bond motifs is 1. The van der Waals surface area contributed by atoms with Crippen LogP contribution in [0.5, 0.6) is 0 Å². The van der Waals surface area contributed by atoms with Crippen LogP contribution in [-0.2, 0) is 11.3 Å². The van der Waals surface area contributed by atoms with Crippen molar-refractivity contribution >= 4 is 23.1 Å². The Morgan fingerprint density at radius 1 is 1.30 bits per heavy atom. The number of hydrogen-bond donors (Lipinski definition) is 2. The van der Waals surface area contributed by atoms with Crippen molar-refractivity contribution in [3.8, 4) is 11.8 Å². The van der Waals surface area contributed by atoms with E-state index in [1.807, 2.05) is 41.9 Å². The van der Waals surface area contributed by atoms with Crippen molar-refractivity contribution in [1.82, 2.24) is 9.78 Å². The molecule has 0 saturated heterocycles. The van der Waals surface area contributed by atoms with Gasteiger partial charge in [-0.05, 0) is 24.6 Å². The van der Waals surface area contributed by atoms with Gasteiger partial charge in [-0.3, -0.25) is 4.79 Å². The van der Waals surface area contributed by atoms with Gasteiger partial charge in [0.15, 0.2) is 0 Å². The molecule has 1 aliphatic rings. The SMILES string of the molecule is Cc1nn(Cc2ccccc2)c2c1[C@H](c1ccc(C#CCO)s1)CC(=O)N2. The number of aliphatic hydroxyl groups is 1. The largest absolute Gasteiger partial charge is 0.384 e. The number of aryl methyl sites for hydroxylation is 1. The van der Waals surface area contributed by atoms with Crippen LogP contribution in [0.1, 0.15) is 38.9 Å². The Labute approximate surface area is 161 Å². The molecular weight excluding hydrogens is 358 g/mol. The number of carbonyl (C=O) groups is 1. The number of carbonyl (C=O) groups excluding carboxylic acids is 1. The summed E-state index contributed by atoms with van der Waals surface area (Å²) in [4.78, 5) is 14.4. The minimum Gasteiger partial charge on any atom is -0.384 e. The number of nitrogens with zero attached hydrogens (tertiary/aromatic N) is 2. The Kier molecular flexibility index (Phi) is 4.80. The van der Waals surface area contributed by atoms with E-state index < -0.39 is 0 Å². The Bertz CT molecular complexity index is 1040. The van der Waals surface area contributed by atoms with Crippen LogP contribution in [0.4, 0.5) is 5.82 Å². The van der Waals surface area contributed by atoms with Crippen LogP contribution < -0.4 is 5.32 Å². The van der Waals surface area contributed by atoms with Gasteiger partial charge in [0.25, 0.3) is 0 Å². The molecule has 1 aliphatic heterocycles. The number of benzene rings is 1. The van der Waals surface area contributed by atoms with Gasteiger partial charge in [0, 0.05) is 22.8 Å². The van der Waals surface area contributed by atoms with Crippen LogP contribution in [0.15, 0.2) is 42.5 Å². The van der Waals surface area contributed by atoms with E-state index in [0.29, 0.717) is 13.0 Å². The van der Waals surface area contributed by atoms with E-state index in [9.17, 15) is 4.79 Å². The van der Waals surface area contributed by atoms with Crippen LogP contribution in [0.3, 0.4) is 0 Å². The fourth-order valence-electron chi connectivity index (χ4n) is 3.46. The van der Waals surface area contributed by atoms with Crippen molar-refractivity contribution in [1.29, 1.82) is 0 Å². The average Bonchev–Trinajstić information content (AvgIpc) is 3.25. The van der Waals surface area contributed by atoms with Gasteiger partial charge in [-0.25, -0.2) is 4.68 Å². The maximum Gasteiger partial charge on any atom is 0.226 e. The molecule has 3 aromatic rings. The summed E-state index contributed by atoms with van der Waals surface area (Å²) in [6, 6.07) is 14.1. The zero-order valence-electron chi connectivity index (χ0n) is 14.9. The van der Waals surface area contributed by atoms with Gasteiger partial charge in [-0.15, -0.1) is 11.3 Å². The number of rotatable bonds is 3. The highest BCUT2D eigenvalue weighted by atomic mass is 32.1. The molecule has 0 unspecified atom stereocenters. The number of thiophene rings is 1. The van der Waals surface area contributed by atoms with Crippen molar-refractivity contribution in [3.05, 3.63) is 69.0 Å². The summed E-state index contributed by atoms with van der Waals surface area (Å²) in [5.74, 6) is 6.37. The molecule has 0 radical (unpaired) electrons. The molecule has 0 spiro atoms.